The van der Waals surface area contributed by atoms with Gasteiger partial charge in [-0.15, -0.1) is 11.3 Å². The molecule has 0 bridgehead atoms. The highest BCUT2D eigenvalue weighted by Crippen LogP contribution is 2.37. The van der Waals surface area contributed by atoms with E-state index in [-0.39, 0.29) is 0 Å². The highest BCUT2D eigenvalue weighted by Gasteiger charge is 2.31. The van der Waals surface area contributed by atoms with E-state index in [1.165, 1.54) is 30.6 Å². The molecule has 90 valence electrons. The van der Waals surface area contributed by atoms with Crippen LogP contribution in [0.1, 0.15) is 44.9 Å². The van der Waals surface area contributed by atoms with Gasteiger partial charge in [0.05, 0.1) is 0 Å². The maximum atomic E-state index is 3.78. The van der Waals surface area contributed by atoms with Crippen LogP contribution in [0.25, 0.3) is 0 Å². The predicted molar refractivity (Wildman–Crippen MR) is 72.0 cm³/mol. The molecule has 0 radical (unpaired) electrons. The van der Waals surface area contributed by atoms with Gasteiger partial charge < -0.3 is 5.32 Å². The Bertz CT molecular complexity index is 315. The Morgan fingerprint density at radius 3 is 2.94 bits per heavy atom. The van der Waals surface area contributed by atoms with Crippen molar-refractivity contribution in [2.24, 2.45) is 5.41 Å². The van der Waals surface area contributed by atoms with Crippen molar-refractivity contribution < 1.29 is 0 Å². The lowest BCUT2D eigenvalue weighted by molar-refractivity contribution is 0.355. The molecule has 1 aliphatic rings. The van der Waals surface area contributed by atoms with Crippen LogP contribution < -0.4 is 5.32 Å². The molecule has 1 nitrogen and oxygen atoms in total. The molecule has 1 heterocycles. The van der Waals surface area contributed by atoms with Gasteiger partial charge in [-0.1, -0.05) is 19.9 Å². The van der Waals surface area contributed by atoms with E-state index in [9.17, 15) is 0 Å². The van der Waals surface area contributed by atoms with Crippen molar-refractivity contribution in [2.45, 2.75) is 58.5 Å². The standard InChI is InChI=1S/C14H23NS/c1-11(9-13-5-4-8-16-13)15-12-6-7-14(2,3)10-12/h4-5,8,11-12,15H,6-7,9-10H2,1-3H3. The summed E-state index contributed by atoms with van der Waals surface area (Å²) in [7, 11) is 0. The molecule has 2 unspecified atom stereocenters. The second kappa shape index (κ2) is 4.89. The lowest BCUT2D eigenvalue weighted by atomic mass is 9.92. The second-order valence-corrected chi connectivity index (χ2v) is 6.99. The van der Waals surface area contributed by atoms with Crippen molar-refractivity contribution in [3.05, 3.63) is 22.4 Å². The maximum Gasteiger partial charge on any atom is 0.00896 e. The lowest BCUT2D eigenvalue weighted by Gasteiger charge is -2.21. The van der Waals surface area contributed by atoms with Crippen LogP contribution in [0.4, 0.5) is 0 Å². The number of rotatable bonds is 4. The summed E-state index contributed by atoms with van der Waals surface area (Å²) in [6, 6.07) is 5.73. The average Bonchev–Trinajstić information content (AvgIpc) is 2.76. The van der Waals surface area contributed by atoms with Crippen molar-refractivity contribution in [1.82, 2.24) is 5.32 Å². The second-order valence-electron chi connectivity index (χ2n) is 5.96. The van der Waals surface area contributed by atoms with Crippen LogP contribution in [-0.2, 0) is 6.42 Å². The molecule has 0 aromatic carbocycles. The van der Waals surface area contributed by atoms with Crippen molar-refractivity contribution in [2.75, 3.05) is 0 Å². The molecule has 2 heteroatoms. The summed E-state index contributed by atoms with van der Waals surface area (Å²) in [5.41, 5.74) is 0.556. The molecule has 1 aliphatic carbocycles. The number of hydrogen-bond donors (Lipinski definition) is 1. The van der Waals surface area contributed by atoms with Gasteiger partial charge in [-0.3, -0.25) is 0 Å². The Balaban J connectivity index is 1.78. The summed E-state index contributed by atoms with van der Waals surface area (Å²) in [5.74, 6) is 0. The number of thiophene rings is 1. The van der Waals surface area contributed by atoms with Gasteiger partial charge in [0.15, 0.2) is 0 Å². The Labute approximate surface area is 103 Å². The van der Waals surface area contributed by atoms with E-state index in [0.717, 1.165) is 6.04 Å². The number of hydrogen-bond acceptors (Lipinski definition) is 2. The fraction of sp³-hybridized carbons (Fsp3) is 0.714. The van der Waals surface area contributed by atoms with Gasteiger partial charge in [0.1, 0.15) is 0 Å². The van der Waals surface area contributed by atoms with E-state index in [0.29, 0.717) is 11.5 Å². The summed E-state index contributed by atoms with van der Waals surface area (Å²) < 4.78 is 0. The lowest BCUT2D eigenvalue weighted by Crippen LogP contribution is -2.36. The quantitative estimate of drug-likeness (QED) is 0.839. The molecule has 1 saturated carbocycles. The Morgan fingerprint density at radius 2 is 2.38 bits per heavy atom. The minimum absolute atomic E-state index is 0.556. The first-order valence-electron chi connectivity index (χ1n) is 6.34. The molecule has 1 N–H and O–H groups in total. The van der Waals surface area contributed by atoms with Gasteiger partial charge in [0, 0.05) is 17.0 Å². The van der Waals surface area contributed by atoms with Crippen LogP contribution in [0.2, 0.25) is 0 Å². The van der Waals surface area contributed by atoms with Gasteiger partial charge in [0.2, 0.25) is 0 Å². The topological polar surface area (TPSA) is 12.0 Å². The third-order valence-electron chi connectivity index (χ3n) is 3.58. The molecule has 0 aliphatic heterocycles. The third-order valence-corrected chi connectivity index (χ3v) is 4.47. The zero-order chi connectivity index (χ0) is 11.6. The van der Waals surface area contributed by atoms with Crippen molar-refractivity contribution in [3.8, 4) is 0 Å². The first-order chi connectivity index (χ1) is 7.55. The molecule has 2 rings (SSSR count). The highest BCUT2D eigenvalue weighted by atomic mass is 32.1. The molecule has 1 fully saturated rings. The normalized spacial score (nSPS) is 25.8. The summed E-state index contributed by atoms with van der Waals surface area (Å²) in [4.78, 5) is 1.50. The maximum absolute atomic E-state index is 3.78. The molecule has 0 spiro atoms. The summed E-state index contributed by atoms with van der Waals surface area (Å²) >= 11 is 1.87. The smallest absolute Gasteiger partial charge is 0.00896 e. The Kier molecular flexibility index (Phi) is 3.70. The Hall–Kier alpha value is -0.340. The van der Waals surface area contributed by atoms with Crippen LogP contribution >= 0.6 is 11.3 Å². The van der Waals surface area contributed by atoms with Crippen LogP contribution in [0.15, 0.2) is 17.5 Å². The molecule has 1 aromatic heterocycles. The van der Waals surface area contributed by atoms with Crippen LogP contribution in [0, 0.1) is 5.41 Å². The minimum atomic E-state index is 0.556. The van der Waals surface area contributed by atoms with E-state index >= 15 is 0 Å². The zero-order valence-corrected chi connectivity index (χ0v) is 11.4. The molecule has 1 aromatic rings. The summed E-state index contributed by atoms with van der Waals surface area (Å²) in [6.45, 7) is 7.09. The third kappa shape index (κ3) is 3.33. The first-order valence-corrected chi connectivity index (χ1v) is 7.21. The van der Waals surface area contributed by atoms with E-state index in [4.69, 9.17) is 0 Å². The molecular formula is C14H23NS. The van der Waals surface area contributed by atoms with Crippen LogP contribution in [0.5, 0.6) is 0 Å². The van der Waals surface area contributed by atoms with Crippen molar-refractivity contribution >= 4 is 11.3 Å². The fourth-order valence-corrected chi connectivity index (χ4v) is 3.61. The molecule has 0 saturated heterocycles. The SMILES string of the molecule is CC(Cc1cccs1)NC1CCC(C)(C)C1. The van der Waals surface area contributed by atoms with Gasteiger partial charge in [-0.25, -0.2) is 0 Å². The molecule has 0 amide bonds. The largest absolute Gasteiger partial charge is 0.311 e. The van der Waals surface area contributed by atoms with Crippen molar-refractivity contribution in [3.63, 3.8) is 0 Å². The van der Waals surface area contributed by atoms with Gasteiger partial charge in [0.25, 0.3) is 0 Å². The molecule has 2 atom stereocenters. The van der Waals surface area contributed by atoms with Crippen LogP contribution in [-0.4, -0.2) is 12.1 Å². The molecule has 16 heavy (non-hydrogen) atoms. The monoisotopic (exact) mass is 237 g/mol. The fourth-order valence-electron chi connectivity index (χ4n) is 2.77. The van der Waals surface area contributed by atoms with E-state index < -0.39 is 0 Å². The Morgan fingerprint density at radius 1 is 1.56 bits per heavy atom. The first kappa shape index (κ1) is 12.1. The van der Waals surface area contributed by atoms with Crippen molar-refractivity contribution in [1.29, 1.82) is 0 Å². The predicted octanol–water partition coefficient (Wildman–Crippen LogP) is 3.85. The van der Waals surface area contributed by atoms with Crippen LogP contribution in [0.3, 0.4) is 0 Å². The summed E-state index contributed by atoms with van der Waals surface area (Å²) in [5, 5.41) is 5.95. The summed E-state index contributed by atoms with van der Waals surface area (Å²) in [6.07, 6.45) is 5.23. The van der Waals surface area contributed by atoms with Gasteiger partial charge in [-0.05, 0) is 49.5 Å². The van der Waals surface area contributed by atoms with E-state index in [2.05, 4.69) is 43.6 Å². The zero-order valence-electron chi connectivity index (χ0n) is 10.6. The minimum Gasteiger partial charge on any atom is -0.311 e. The number of nitrogens with one attached hydrogen (secondary N) is 1. The van der Waals surface area contributed by atoms with E-state index in [1.807, 2.05) is 11.3 Å². The molecular weight excluding hydrogens is 214 g/mol. The van der Waals surface area contributed by atoms with Gasteiger partial charge >= 0.3 is 0 Å². The van der Waals surface area contributed by atoms with E-state index in [1.54, 1.807) is 0 Å². The average molecular weight is 237 g/mol. The van der Waals surface area contributed by atoms with Gasteiger partial charge in [-0.2, -0.15) is 0 Å². The highest BCUT2D eigenvalue weighted by molar-refractivity contribution is 7.09.